The Hall–Kier alpha value is -1.89. The van der Waals surface area contributed by atoms with Crippen molar-refractivity contribution in [2.75, 3.05) is 13.1 Å². The number of hydrogen-bond donors (Lipinski definition) is 1. The van der Waals surface area contributed by atoms with Gasteiger partial charge in [0.25, 0.3) is 0 Å². The highest BCUT2D eigenvalue weighted by Crippen LogP contribution is 2.23. The summed E-state index contributed by atoms with van der Waals surface area (Å²) in [5.74, 6) is 1.55. The van der Waals surface area contributed by atoms with E-state index in [1.54, 1.807) is 11.6 Å². The molecule has 0 radical (unpaired) electrons. The van der Waals surface area contributed by atoms with Crippen molar-refractivity contribution < 1.29 is 0 Å². The molecule has 24 heavy (non-hydrogen) atoms. The van der Waals surface area contributed by atoms with E-state index in [2.05, 4.69) is 34.0 Å². The summed E-state index contributed by atoms with van der Waals surface area (Å²) in [6.07, 6.45) is 3.22. The molecule has 132 valence electrons. The van der Waals surface area contributed by atoms with Crippen LogP contribution in [0.15, 0.2) is 4.79 Å². The third-order valence-electron chi connectivity index (χ3n) is 5.24. The van der Waals surface area contributed by atoms with E-state index >= 15 is 0 Å². The Labute approximate surface area is 142 Å². The molecule has 0 unspecified atom stereocenters. The van der Waals surface area contributed by atoms with Crippen LogP contribution in [0.5, 0.6) is 0 Å². The molecule has 2 aromatic heterocycles. The van der Waals surface area contributed by atoms with Crippen molar-refractivity contribution in [1.82, 2.24) is 29.4 Å². The number of nitrogens with zero attached hydrogens (tertiary/aromatic N) is 5. The average Bonchev–Trinajstić information content (AvgIpc) is 3.02. The lowest BCUT2D eigenvalue weighted by Crippen LogP contribution is -2.34. The Balaban J connectivity index is 1.58. The van der Waals surface area contributed by atoms with E-state index in [0.717, 1.165) is 50.4 Å². The number of likely N-dealkylation sites (tertiary alicyclic amines) is 1. The van der Waals surface area contributed by atoms with Crippen LogP contribution in [0, 0.1) is 19.8 Å². The minimum Gasteiger partial charge on any atom is -0.299 e. The molecule has 1 saturated heterocycles. The van der Waals surface area contributed by atoms with Crippen LogP contribution in [0.25, 0.3) is 0 Å². The largest absolute Gasteiger partial charge is 0.345 e. The van der Waals surface area contributed by atoms with Crippen molar-refractivity contribution in [1.29, 1.82) is 0 Å². The number of piperidine rings is 1. The summed E-state index contributed by atoms with van der Waals surface area (Å²) < 4.78 is 3.25. The minimum absolute atomic E-state index is 0.00385. The molecule has 1 aliphatic rings. The number of hydrogen-bond acceptors (Lipinski definition) is 4. The fraction of sp³-hybridized carbons (Fsp3) is 0.706. The van der Waals surface area contributed by atoms with Crippen molar-refractivity contribution in [2.24, 2.45) is 13.0 Å². The summed E-state index contributed by atoms with van der Waals surface area (Å²) in [7, 11) is 1.73. The second kappa shape index (κ2) is 6.93. The van der Waals surface area contributed by atoms with Crippen LogP contribution in [-0.2, 0) is 26.6 Å². The van der Waals surface area contributed by atoms with Crippen molar-refractivity contribution >= 4 is 0 Å². The van der Waals surface area contributed by atoms with Crippen LogP contribution in [0.4, 0.5) is 0 Å². The van der Waals surface area contributed by atoms with Gasteiger partial charge in [-0.3, -0.25) is 14.6 Å². The first-order chi connectivity index (χ1) is 11.5. The van der Waals surface area contributed by atoms with Gasteiger partial charge in [-0.1, -0.05) is 0 Å². The fourth-order valence-corrected chi connectivity index (χ4v) is 3.66. The lowest BCUT2D eigenvalue weighted by atomic mass is 9.93. The van der Waals surface area contributed by atoms with Gasteiger partial charge in [0.15, 0.2) is 0 Å². The molecule has 1 fully saturated rings. The minimum atomic E-state index is -0.00385. The maximum atomic E-state index is 12.0. The Morgan fingerprint density at radius 2 is 1.96 bits per heavy atom. The van der Waals surface area contributed by atoms with Crippen LogP contribution in [-0.4, -0.2) is 42.5 Å². The third kappa shape index (κ3) is 3.31. The number of nitrogens with one attached hydrogen (secondary N) is 1. The van der Waals surface area contributed by atoms with Crippen molar-refractivity contribution in [2.45, 2.75) is 53.1 Å². The van der Waals surface area contributed by atoms with Crippen molar-refractivity contribution in [3.8, 4) is 0 Å². The van der Waals surface area contributed by atoms with Crippen LogP contribution in [0.2, 0.25) is 0 Å². The highest BCUT2D eigenvalue weighted by atomic mass is 16.2. The van der Waals surface area contributed by atoms with Crippen molar-refractivity contribution in [3.05, 3.63) is 33.3 Å². The molecule has 2 aromatic rings. The lowest BCUT2D eigenvalue weighted by Gasteiger charge is -2.31. The van der Waals surface area contributed by atoms with E-state index in [-0.39, 0.29) is 5.69 Å². The van der Waals surface area contributed by atoms with Crippen molar-refractivity contribution in [3.63, 3.8) is 0 Å². The van der Waals surface area contributed by atoms with Gasteiger partial charge in [0, 0.05) is 37.8 Å². The molecule has 7 heteroatoms. The lowest BCUT2D eigenvalue weighted by molar-refractivity contribution is 0.174. The maximum Gasteiger partial charge on any atom is 0.345 e. The molecule has 3 rings (SSSR count). The van der Waals surface area contributed by atoms with Gasteiger partial charge in [0.1, 0.15) is 5.82 Å². The molecule has 0 aliphatic carbocycles. The summed E-state index contributed by atoms with van der Waals surface area (Å²) in [5.41, 5.74) is 3.61. The number of aryl methyl sites for hydroxylation is 3. The predicted octanol–water partition coefficient (Wildman–Crippen LogP) is 1.40. The van der Waals surface area contributed by atoms with Gasteiger partial charge in [-0.05, 0) is 52.6 Å². The third-order valence-corrected chi connectivity index (χ3v) is 5.24. The molecule has 1 N–H and O–H groups in total. The smallest absolute Gasteiger partial charge is 0.299 e. The first-order valence-electron chi connectivity index (χ1n) is 8.85. The van der Waals surface area contributed by atoms with E-state index in [1.165, 1.54) is 15.9 Å². The Morgan fingerprint density at radius 3 is 2.54 bits per heavy atom. The SMILES string of the molecule is CCn1c(CC2CCN(Cc3c(C)n[nH]c3C)CC2)nn(C)c1=O. The number of H-pyrrole nitrogens is 1. The maximum absolute atomic E-state index is 12.0. The summed E-state index contributed by atoms with van der Waals surface area (Å²) in [6.45, 7) is 10.0. The number of aromatic amines is 1. The average molecular weight is 332 g/mol. The first kappa shape index (κ1) is 17.0. The zero-order valence-corrected chi connectivity index (χ0v) is 15.2. The Morgan fingerprint density at radius 1 is 1.25 bits per heavy atom. The molecule has 0 aromatic carbocycles. The van der Waals surface area contributed by atoms with E-state index in [1.807, 2.05) is 6.92 Å². The normalized spacial score (nSPS) is 16.8. The molecule has 0 amide bonds. The first-order valence-corrected chi connectivity index (χ1v) is 8.85. The molecule has 0 bridgehead atoms. The summed E-state index contributed by atoms with van der Waals surface area (Å²) in [4.78, 5) is 14.5. The van der Waals surface area contributed by atoms with Crippen LogP contribution in [0.1, 0.15) is 42.5 Å². The van der Waals surface area contributed by atoms with Gasteiger partial charge in [-0.2, -0.15) is 10.2 Å². The summed E-state index contributed by atoms with van der Waals surface area (Å²) in [6, 6.07) is 0. The fourth-order valence-electron chi connectivity index (χ4n) is 3.66. The van der Waals surface area contributed by atoms with E-state index in [9.17, 15) is 4.79 Å². The monoisotopic (exact) mass is 332 g/mol. The summed E-state index contributed by atoms with van der Waals surface area (Å²) in [5, 5.41) is 11.8. The van der Waals surface area contributed by atoms with Gasteiger partial charge in [-0.15, -0.1) is 0 Å². The summed E-state index contributed by atoms with van der Waals surface area (Å²) >= 11 is 0. The molecular weight excluding hydrogens is 304 g/mol. The molecule has 0 atom stereocenters. The molecule has 1 aliphatic heterocycles. The quantitative estimate of drug-likeness (QED) is 0.898. The van der Waals surface area contributed by atoms with Crippen LogP contribution < -0.4 is 5.69 Å². The molecular formula is C17H28N6O. The zero-order chi connectivity index (χ0) is 17.3. The standard InChI is InChI=1S/C17H28N6O/c1-5-23-16(20-21(4)17(23)24)10-14-6-8-22(9-7-14)11-15-12(2)18-19-13(15)3/h14H,5-11H2,1-4H3,(H,18,19). The Kier molecular flexibility index (Phi) is 4.89. The van der Waals surface area contributed by atoms with E-state index in [0.29, 0.717) is 12.5 Å². The van der Waals surface area contributed by atoms with Crippen LogP contribution in [0.3, 0.4) is 0 Å². The molecule has 0 spiro atoms. The van der Waals surface area contributed by atoms with E-state index < -0.39 is 0 Å². The van der Waals surface area contributed by atoms with Gasteiger partial charge >= 0.3 is 5.69 Å². The predicted molar refractivity (Wildman–Crippen MR) is 92.9 cm³/mol. The zero-order valence-electron chi connectivity index (χ0n) is 15.2. The second-order valence-electron chi connectivity index (χ2n) is 6.90. The second-order valence-corrected chi connectivity index (χ2v) is 6.90. The topological polar surface area (TPSA) is 71.7 Å². The van der Waals surface area contributed by atoms with Crippen LogP contribution >= 0.6 is 0 Å². The molecule has 0 saturated carbocycles. The van der Waals surface area contributed by atoms with E-state index in [4.69, 9.17) is 0 Å². The number of aromatic nitrogens is 5. The van der Waals surface area contributed by atoms with Gasteiger partial charge in [0.05, 0.1) is 5.69 Å². The van der Waals surface area contributed by atoms with Gasteiger partial charge in [-0.25, -0.2) is 9.48 Å². The Bertz CT molecular complexity index is 728. The highest BCUT2D eigenvalue weighted by molar-refractivity contribution is 5.22. The molecule has 3 heterocycles. The molecule has 7 nitrogen and oxygen atoms in total. The number of rotatable bonds is 5. The highest BCUT2D eigenvalue weighted by Gasteiger charge is 2.23. The van der Waals surface area contributed by atoms with Gasteiger partial charge < -0.3 is 0 Å². The van der Waals surface area contributed by atoms with Gasteiger partial charge in [0.2, 0.25) is 0 Å².